The van der Waals surface area contributed by atoms with E-state index in [1.807, 2.05) is 6.07 Å². The van der Waals surface area contributed by atoms with Gasteiger partial charge in [-0.05, 0) is 18.2 Å². The van der Waals surface area contributed by atoms with Gasteiger partial charge < -0.3 is 4.42 Å². The molecule has 0 aliphatic rings. The monoisotopic (exact) mass is 269 g/mol. The highest BCUT2D eigenvalue weighted by Gasteiger charge is 2.14. The van der Waals surface area contributed by atoms with E-state index in [-0.39, 0.29) is 11.9 Å². The molecule has 0 bridgehead atoms. The molecule has 0 saturated heterocycles. The molecular formula is C13H11N5O2. The van der Waals surface area contributed by atoms with Crippen molar-refractivity contribution in [1.82, 2.24) is 20.0 Å². The van der Waals surface area contributed by atoms with E-state index in [9.17, 15) is 4.79 Å². The number of hydrogen-bond acceptors (Lipinski definition) is 5. The molecule has 7 nitrogen and oxygen atoms in total. The summed E-state index contributed by atoms with van der Waals surface area (Å²) in [5, 5.41) is 14.2. The number of rotatable bonds is 3. The SMILES string of the molecule is Cn1nccc1-c1nnc(NC(=O)c2ccccc2)o1. The lowest BCUT2D eigenvalue weighted by molar-refractivity contribution is 0.102. The summed E-state index contributed by atoms with van der Waals surface area (Å²) in [6.07, 6.45) is 1.63. The smallest absolute Gasteiger partial charge is 0.322 e. The molecule has 1 amide bonds. The number of nitrogens with one attached hydrogen (secondary N) is 1. The largest absolute Gasteiger partial charge is 0.401 e. The number of amides is 1. The van der Waals surface area contributed by atoms with Gasteiger partial charge in [-0.25, -0.2) is 0 Å². The van der Waals surface area contributed by atoms with Crippen molar-refractivity contribution in [2.75, 3.05) is 5.32 Å². The highest BCUT2D eigenvalue weighted by Crippen LogP contribution is 2.18. The van der Waals surface area contributed by atoms with Crippen molar-refractivity contribution in [3.05, 3.63) is 48.2 Å². The van der Waals surface area contributed by atoms with Gasteiger partial charge >= 0.3 is 6.01 Å². The minimum absolute atomic E-state index is 0.0510. The van der Waals surface area contributed by atoms with Crippen molar-refractivity contribution in [2.45, 2.75) is 0 Å². The van der Waals surface area contributed by atoms with Crippen molar-refractivity contribution < 1.29 is 9.21 Å². The Morgan fingerprint density at radius 2 is 2.00 bits per heavy atom. The van der Waals surface area contributed by atoms with Gasteiger partial charge in [-0.15, -0.1) is 5.10 Å². The summed E-state index contributed by atoms with van der Waals surface area (Å²) in [6, 6.07) is 10.6. The number of anilines is 1. The van der Waals surface area contributed by atoms with Crippen LogP contribution in [0.3, 0.4) is 0 Å². The zero-order valence-electron chi connectivity index (χ0n) is 10.6. The fraction of sp³-hybridized carbons (Fsp3) is 0.0769. The Bertz CT molecular complexity index is 732. The summed E-state index contributed by atoms with van der Waals surface area (Å²) >= 11 is 0. The van der Waals surface area contributed by atoms with Crippen LogP contribution in [0.25, 0.3) is 11.6 Å². The fourth-order valence-corrected chi connectivity index (χ4v) is 1.72. The van der Waals surface area contributed by atoms with E-state index in [1.54, 1.807) is 48.3 Å². The van der Waals surface area contributed by atoms with Crippen LogP contribution in [0.1, 0.15) is 10.4 Å². The molecule has 1 N–H and O–H groups in total. The van der Waals surface area contributed by atoms with Crippen LogP contribution in [-0.4, -0.2) is 25.9 Å². The Hall–Kier alpha value is -2.96. The van der Waals surface area contributed by atoms with E-state index in [1.165, 1.54) is 0 Å². The molecule has 3 rings (SSSR count). The van der Waals surface area contributed by atoms with Crippen molar-refractivity contribution in [2.24, 2.45) is 7.05 Å². The number of nitrogens with zero attached hydrogens (tertiary/aromatic N) is 4. The summed E-state index contributed by atoms with van der Waals surface area (Å²) in [5.41, 5.74) is 1.20. The second-order valence-electron chi connectivity index (χ2n) is 4.07. The van der Waals surface area contributed by atoms with E-state index in [0.717, 1.165) is 0 Å². The maximum absolute atomic E-state index is 11.9. The van der Waals surface area contributed by atoms with Crippen LogP contribution in [0.5, 0.6) is 0 Å². The standard InChI is InChI=1S/C13H11N5O2/c1-18-10(7-8-14-18)12-16-17-13(20-12)15-11(19)9-5-3-2-4-6-9/h2-8H,1H3,(H,15,17,19). The third-order valence-corrected chi connectivity index (χ3v) is 2.72. The molecule has 2 aromatic heterocycles. The first-order chi connectivity index (χ1) is 9.74. The second-order valence-corrected chi connectivity index (χ2v) is 4.07. The van der Waals surface area contributed by atoms with Gasteiger partial charge in [0.15, 0.2) is 0 Å². The molecule has 1 aromatic carbocycles. The van der Waals surface area contributed by atoms with Crippen LogP contribution in [-0.2, 0) is 7.05 Å². The van der Waals surface area contributed by atoms with Crippen LogP contribution in [0.4, 0.5) is 6.01 Å². The maximum atomic E-state index is 11.9. The van der Waals surface area contributed by atoms with E-state index in [4.69, 9.17) is 4.42 Å². The number of hydrogen-bond donors (Lipinski definition) is 1. The summed E-state index contributed by atoms with van der Waals surface area (Å²) in [5.74, 6) is -0.000771. The first-order valence-corrected chi connectivity index (χ1v) is 5.92. The quantitative estimate of drug-likeness (QED) is 0.782. The van der Waals surface area contributed by atoms with Crippen LogP contribution < -0.4 is 5.32 Å². The highest BCUT2D eigenvalue weighted by molar-refractivity contribution is 6.03. The number of carbonyl (C=O) groups is 1. The molecule has 3 aromatic rings. The van der Waals surface area contributed by atoms with E-state index in [0.29, 0.717) is 17.1 Å². The Balaban J connectivity index is 1.78. The Morgan fingerprint density at radius 3 is 2.70 bits per heavy atom. The maximum Gasteiger partial charge on any atom is 0.322 e. The summed E-state index contributed by atoms with van der Waals surface area (Å²) in [4.78, 5) is 11.9. The summed E-state index contributed by atoms with van der Waals surface area (Å²) in [6.45, 7) is 0. The molecule has 0 aliphatic carbocycles. The first-order valence-electron chi connectivity index (χ1n) is 5.92. The van der Waals surface area contributed by atoms with E-state index < -0.39 is 0 Å². The minimum atomic E-state index is -0.300. The Morgan fingerprint density at radius 1 is 1.20 bits per heavy atom. The number of aryl methyl sites for hydroxylation is 1. The molecule has 0 fully saturated rings. The van der Waals surface area contributed by atoms with Crippen molar-refractivity contribution >= 4 is 11.9 Å². The van der Waals surface area contributed by atoms with Gasteiger partial charge in [0, 0.05) is 18.8 Å². The first kappa shape index (κ1) is 12.1. The molecule has 0 aliphatic heterocycles. The third kappa shape index (κ3) is 2.28. The van der Waals surface area contributed by atoms with Gasteiger partial charge in [-0.3, -0.25) is 14.8 Å². The van der Waals surface area contributed by atoms with Gasteiger partial charge in [0.05, 0.1) is 0 Å². The lowest BCUT2D eigenvalue weighted by Crippen LogP contribution is -2.11. The highest BCUT2D eigenvalue weighted by atomic mass is 16.4. The number of benzene rings is 1. The van der Waals surface area contributed by atoms with Gasteiger partial charge in [-0.1, -0.05) is 23.3 Å². The van der Waals surface area contributed by atoms with Crippen molar-refractivity contribution in [1.29, 1.82) is 0 Å². The topological polar surface area (TPSA) is 85.8 Å². The second kappa shape index (κ2) is 4.96. The van der Waals surface area contributed by atoms with Crippen LogP contribution in [0.2, 0.25) is 0 Å². The van der Waals surface area contributed by atoms with Gasteiger partial charge in [0.2, 0.25) is 0 Å². The lowest BCUT2D eigenvalue weighted by atomic mass is 10.2. The number of aromatic nitrogens is 4. The molecular weight excluding hydrogens is 258 g/mol. The Labute approximate surface area is 114 Å². The predicted molar refractivity (Wildman–Crippen MR) is 70.9 cm³/mol. The van der Waals surface area contributed by atoms with Crippen LogP contribution >= 0.6 is 0 Å². The average Bonchev–Trinajstić information content (AvgIpc) is 3.08. The molecule has 0 saturated carbocycles. The van der Waals surface area contributed by atoms with Gasteiger partial charge in [-0.2, -0.15) is 5.10 Å². The molecule has 2 heterocycles. The molecule has 0 radical (unpaired) electrons. The van der Waals surface area contributed by atoms with E-state index >= 15 is 0 Å². The molecule has 0 unspecified atom stereocenters. The average molecular weight is 269 g/mol. The molecule has 0 spiro atoms. The van der Waals surface area contributed by atoms with Crippen LogP contribution in [0.15, 0.2) is 47.0 Å². The predicted octanol–water partition coefficient (Wildman–Crippen LogP) is 1.72. The normalized spacial score (nSPS) is 10.4. The summed E-state index contributed by atoms with van der Waals surface area (Å²) < 4.78 is 6.99. The van der Waals surface area contributed by atoms with E-state index in [2.05, 4.69) is 20.6 Å². The minimum Gasteiger partial charge on any atom is -0.401 e. The van der Waals surface area contributed by atoms with Gasteiger partial charge in [0.25, 0.3) is 11.8 Å². The van der Waals surface area contributed by atoms with Crippen molar-refractivity contribution in [3.63, 3.8) is 0 Å². The molecule has 20 heavy (non-hydrogen) atoms. The zero-order valence-corrected chi connectivity index (χ0v) is 10.6. The zero-order chi connectivity index (χ0) is 13.9. The lowest BCUT2D eigenvalue weighted by Gasteiger charge is -1.99. The van der Waals surface area contributed by atoms with Crippen molar-refractivity contribution in [3.8, 4) is 11.6 Å². The molecule has 7 heteroatoms. The molecule has 0 atom stereocenters. The Kier molecular flexibility index (Phi) is 3.00. The molecule has 100 valence electrons. The fourth-order valence-electron chi connectivity index (χ4n) is 1.72. The number of carbonyl (C=O) groups excluding carboxylic acids is 1. The van der Waals surface area contributed by atoms with Gasteiger partial charge in [0.1, 0.15) is 5.69 Å². The summed E-state index contributed by atoms with van der Waals surface area (Å²) in [7, 11) is 1.77. The third-order valence-electron chi connectivity index (χ3n) is 2.72. The van der Waals surface area contributed by atoms with Crippen LogP contribution in [0, 0.1) is 0 Å².